The summed E-state index contributed by atoms with van der Waals surface area (Å²) in [5, 5.41) is 30.5. The van der Waals surface area contributed by atoms with Crippen LogP contribution in [0.1, 0.15) is 44.8 Å². The van der Waals surface area contributed by atoms with Gasteiger partial charge in [-0.05, 0) is 45.3 Å². The van der Waals surface area contributed by atoms with Crippen molar-refractivity contribution < 1.29 is 34.3 Å². The van der Waals surface area contributed by atoms with E-state index in [0.29, 0.717) is 24.9 Å². The van der Waals surface area contributed by atoms with E-state index in [1.807, 2.05) is 51.1 Å². The minimum absolute atomic E-state index is 0.0781. The summed E-state index contributed by atoms with van der Waals surface area (Å²) < 4.78 is 18.7. The van der Waals surface area contributed by atoms with Crippen molar-refractivity contribution in [1.29, 1.82) is 0 Å². The third kappa shape index (κ3) is 5.85. The Morgan fingerprint density at radius 3 is 2.61 bits per heavy atom. The van der Waals surface area contributed by atoms with Crippen LogP contribution in [0.25, 0.3) is 11.2 Å². The zero-order valence-electron chi connectivity index (χ0n) is 23.0. The second-order valence-electron chi connectivity index (χ2n) is 11.1. The van der Waals surface area contributed by atoms with Crippen LogP contribution in [0, 0.1) is 0 Å². The Bertz CT molecular complexity index is 1450. The lowest BCUT2D eigenvalue weighted by Gasteiger charge is -2.25. The Morgan fingerprint density at radius 1 is 1.20 bits per heavy atom. The van der Waals surface area contributed by atoms with Crippen molar-refractivity contribution in [3.05, 3.63) is 59.9 Å². The molecule has 5 rings (SSSR count). The molecule has 13 nitrogen and oxygen atoms in total. The fourth-order valence-electron chi connectivity index (χ4n) is 4.89. The van der Waals surface area contributed by atoms with E-state index in [1.54, 1.807) is 6.08 Å². The molecule has 13 heteroatoms. The maximum Gasteiger partial charge on any atom is 0.257 e. The molecule has 0 spiro atoms. The average Bonchev–Trinajstić information content (AvgIpc) is 3.63. The molecule has 0 saturated carbocycles. The summed E-state index contributed by atoms with van der Waals surface area (Å²) in [5.74, 6) is 0.620. The topological polar surface area (TPSA) is 187 Å². The first-order chi connectivity index (χ1) is 19.5. The van der Waals surface area contributed by atoms with Gasteiger partial charge in [0.1, 0.15) is 35.1 Å². The van der Waals surface area contributed by atoms with Gasteiger partial charge in [0.05, 0.1) is 24.7 Å². The molecule has 0 aliphatic carbocycles. The highest BCUT2D eigenvalue weighted by molar-refractivity contribution is 5.83. The summed E-state index contributed by atoms with van der Waals surface area (Å²) >= 11 is 0. The van der Waals surface area contributed by atoms with E-state index in [2.05, 4.69) is 9.97 Å². The average molecular weight is 567 g/mol. The lowest BCUT2D eigenvalue weighted by molar-refractivity contribution is -0.174. The highest BCUT2D eigenvalue weighted by atomic mass is 16.7. The summed E-state index contributed by atoms with van der Waals surface area (Å²) in [6, 6.07) is 9.83. The normalized spacial score (nSPS) is 26.8. The zero-order chi connectivity index (χ0) is 29.4. The molecule has 5 N–H and O–H groups in total. The molecular weight excluding hydrogens is 532 g/mol. The molecule has 1 aromatic carbocycles. The predicted octanol–water partition coefficient (Wildman–Crippen LogP) is 1.17. The number of aliphatic hydroxyl groups is 3. The second-order valence-corrected chi connectivity index (χ2v) is 11.1. The van der Waals surface area contributed by atoms with Gasteiger partial charge < -0.3 is 35.3 Å². The number of benzene rings is 1. The third-order valence-corrected chi connectivity index (χ3v) is 6.90. The van der Waals surface area contributed by atoms with Crippen LogP contribution in [0.15, 0.2) is 53.5 Å². The molecule has 2 aliphatic heterocycles. The first kappa shape index (κ1) is 28.8. The Morgan fingerprint density at radius 2 is 1.95 bits per heavy atom. The standard InChI is InChI=1S/C28H34N6O7/c1-27(2,3)41-19(14-36)39-17-11-28(31-12-17,10-9-16-7-5-4-6-8-16)26-32-23(29)20-24(33-26)34(15-30-20)25-22(38)21(37)18(13-35)40-25/h4-8,11-12,14-15,18-19,21-22,25,35,37-38H,9-10,13H2,1-3H3,(H2,29,32,33)/t18-,19?,21?,22?,25-,28?/m1/s1. The van der Waals surface area contributed by atoms with Crippen molar-refractivity contribution >= 4 is 29.5 Å². The maximum absolute atomic E-state index is 11.7. The van der Waals surface area contributed by atoms with E-state index >= 15 is 0 Å². The summed E-state index contributed by atoms with van der Waals surface area (Å²) in [4.78, 5) is 30.1. The van der Waals surface area contributed by atoms with Crippen LogP contribution in [-0.2, 0) is 31.0 Å². The van der Waals surface area contributed by atoms with Gasteiger partial charge in [0.2, 0.25) is 0 Å². The molecule has 2 aliphatic rings. The van der Waals surface area contributed by atoms with Gasteiger partial charge >= 0.3 is 0 Å². The van der Waals surface area contributed by atoms with Crippen LogP contribution in [0.5, 0.6) is 0 Å². The lowest BCUT2D eigenvalue weighted by Crippen LogP contribution is -2.33. The van der Waals surface area contributed by atoms with Crippen molar-refractivity contribution in [2.24, 2.45) is 4.99 Å². The van der Waals surface area contributed by atoms with E-state index in [9.17, 15) is 20.1 Å². The summed E-state index contributed by atoms with van der Waals surface area (Å²) in [5.41, 5.74) is 6.18. The molecule has 4 unspecified atom stereocenters. The van der Waals surface area contributed by atoms with Gasteiger partial charge in [-0.2, -0.15) is 0 Å². The number of hydrogen-bond donors (Lipinski definition) is 4. The van der Waals surface area contributed by atoms with Gasteiger partial charge in [-0.1, -0.05) is 30.3 Å². The van der Waals surface area contributed by atoms with Crippen molar-refractivity contribution in [2.45, 2.75) is 75.6 Å². The van der Waals surface area contributed by atoms with Crippen molar-refractivity contribution in [2.75, 3.05) is 12.3 Å². The number of aryl methyl sites for hydroxylation is 1. The van der Waals surface area contributed by atoms with Crippen molar-refractivity contribution in [1.82, 2.24) is 19.5 Å². The first-order valence-electron chi connectivity index (χ1n) is 13.3. The molecular formula is C28H34N6O7. The number of hydrogen-bond acceptors (Lipinski definition) is 12. The quantitative estimate of drug-likeness (QED) is 0.204. The number of rotatable bonds is 10. The number of anilines is 1. The van der Waals surface area contributed by atoms with Crippen LogP contribution < -0.4 is 5.73 Å². The number of carbonyl (C=O) groups excluding carboxylic acids is 1. The molecule has 4 heterocycles. The minimum atomic E-state index is -1.34. The van der Waals surface area contributed by atoms with Crippen molar-refractivity contribution in [3.63, 3.8) is 0 Å². The number of aromatic nitrogens is 4. The number of aliphatic hydroxyl groups excluding tert-OH is 3. The number of imidazole rings is 1. The van der Waals surface area contributed by atoms with E-state index < -0.39 is 48.6 Å². The Balaban J connectivity index is 1.54. The van der Waals surface area contributed by atoms with Gasteiger partial charge in [0, 0.05) is 0 Å². The van der Waals surface area contributed by atoms with E-state index in [-0.39, 0.29) is 22.8 Å². The summed E-state index contributed by atoms with van der Waals surface area (Å²) in [6.45, 7) is 4.97. The molecule has 2 aromatic heterocycles. The minimum Gasteiger partial charge on any atom is -0.456 e. The van der Waals surface area contributed by atoms with Gasteiger partial charge in [0.25, 0.3) is 6.29 Å². The number of ether oxygens (including phenoxy) is 3. The molecule has 0 bridgehead atoms. The second kappa shape index (κ2) is 11.3. The molecule has 0 amide bonds. The zero-order valence-corrected chi connectivity index (χ0v) is 23.0. The van der Waals surface area contributed by atoms with Crippen molar-refractivity contribution in [3.8, 4) is 0 Å². The molecule has 218 valence electrons. The van der Waals surface area contributed by atoms with E-state index in [0.717, 1.165) is 5.56 Å². The van der Waals surface area contributed by atoms with Crippen LogP contribution in [0.4, 0.5) is 5.82 Å². The largest absolute Gasteiger partial charge is 0.456 e. The number of allylic oxidation sites excluding steroid dienone is 1. The molecule has 1 saturated heterocycles. The summed E-state index contributed by atoms with van der Waals surface area (Å²) in [7, 11) is 0. The van der Waals surface area contributed by atoms with Crippen LogP contribution in [-0.4, -0.2) is 84.1 Å². The van der Waals surface area contributed by atoms with Gasteiger partial charge in [-0.3, -0.25) is 14.4 Å². The van der Waals surface area contributed by atoms with Crippen LogP contribution in [0.2, 0.25) is 0 Å². The van der Waals surface area contributed by atoms with E-state index in [4.69, 9.17) is 29.9 Å². The van der Waals surface area contributed by atoms with Crippen LogP contribution in [0.3, 0.4) is 0 Å². The molecule has 41 heavy (non-hydrogen) atoms. The Hall–Kier alpha value is -3.75. The maximum atomic E-state index is 11.7. The number of nitrogens with zero attached hydrogens (tertiary/aromatic N) is 5. The smallest absolute Gasteiger partial charge is 0.257 e. The molecule has 0 radical (unpaired) electrons. The number of aliphatic imine (C=N–C) groups is 1. The van der Waals surface area contributed by atoms with E-state index in [1.165, 1.54) is 17.1 Å². The highest BCUT2D eigenvalue weighted by Gasteiger charge is 2.44. The number of nitrogens with two attached hydrogens (primary N) is 1. The highest BCUT2D eigenvalue weighted by Crippen LogP contribution is 2.38. The summed E-state index contributed by atoms with van der Waals surface area (Å²) in [6.07, 6.45) is 0.371. The fourth-order valence-corrected chi connectivity index (χ4v) is 4.89. The Labute approximate surface area is 236 Å². The number of nitrogen functional groups attached to an aromatic ring is 1. The first-order valence-corrected chi connectivity index (χ1v) is 13.3. The fraction of sp³-hybridized carbons (Fsp3) is 0.464. The molecule has 3 aromatic rings. The number of carbonyl (C=O) groups is 1. The molecule has 6 atom stereocenters. The van der Waals surface area contributed by atoms with Gasteiger partial charge in [-0.25, -0.2) is 15.0 Å². The van der Waals surface area contributed by atoms with Gasteiger partial charge in [0.15, 0.2) is 29.8 Å². The van der Waals surface area contributed by atoms with Crippen LogP contribution >= 0.6 is 0 Å². The monoisotopic (exact) mass is 566 g/mol. The Kier molecular flexibility index (Phi) is 7.90. The molecule has 1 fully saturated rings. The predicted molar refractivity (Wildman–Crippen MR) is 148 cm³/mol. The SMILES string of the molecule is CC(C)(C)OC(C=O)OC1=CC(CCc2ccccc2)(c2nc(N)c3ncn([C@@H]4O[C@H](CO)C(O)C4O)c3n2)N=C1. The van der Waals surface area contributed by atoms with Gasteiger partial charge in [-0.15, -0.1) is 0 Å². The number of aldehydes is 1. The number of fused-ring (bicyclic) bond motifs is 1. The third-order valence-electron chi connectivity index (χ3n) is 6.90. The lowest BCUT2D eigenvalue weighted by atomic mass is 9.91.